The van der Waals surface area contributed by atoms with Crippen LogP contribution in [0.1, 0.15) is 11.1 Å². The molecular weight excluding hydrogens is 534 g/mol. The average Bonchev–Trinajstić information content (AvgIpc) is 3.56. The van der Waals surface area contributed by atoms with E-state index in [1.807, 2.05) is 12.1 Å². The van der Waals surface area contributed by atoms with Crippen molar-refractivity contribution in [3.05, 3.63) is 163 Å². The zero-order valence-electron chi connectivity index (χ0n) is 18.7. The first-order valence-corrected chi connectivity index (χ1v) is 17.2. The molecule has 0 heterocycles. The smallest absolute Gasteiger partial charge is 0.0771 e. The number of hydrogen-bond donors (Lipinski definition) is 0. The summed E-state index contributed by atoms with van der Waals surface area (Å²) in [5.41, 5.74) is 2.49. The summed E-state index contributed by atoms with van der Waals surface area (Å²) in [6.07, 6.45) is 2.17. The molecule has 0 aromatic heterocycles. The van der Waals surface area contributed by atoms with E-state index in [0.29, 0.717) is 0 Å². The molecule has 0 amide bonds. The van der Waals surface area contributed by atoms with Crippen LogP contribution in [0.2, 0.25) is 0 Å². The molecule has 0 unspecified atom stereocenters. The molecule has 0 bridgehead atoms. The molecule has 3 heteroatoms. The minimum absolute atomic E-state index is 0.826. The summed E-state index contributed by atoms with van der Waals surface area (Å²) in [4.78, 5) is 0. The maximum Gasteiger partial charge on any atom is -0.0771 e. The number of rotatable bonds is 2. The molecule has 0 aliphatic rings. The Kier molecular flexibility index (Phi) is 11.8. The van der Waals surface area contributed by atoms with Gasteiger partial charge in [-0.2, -0.15) is 35.0 Å². The van der Waals surface area contributed by atoms with E-state index >= 15 is 0 Å². The topological polar surface area (TPSA) is 0 Å². The van der Waals surface area contributed by atoms with E-state index in [-0.39, 0.29) is 0 Å². The molecule has 0 aliphatic heterocycles. The standard InChI is InChI=1S/C13H11.2C9H7.2ClH.Zr/c1-3-7-12(8-4-1)11-13-9-5-2-6-10-13;2*1-2-5-9-7-3-6-8(9)4-1;;;/h1-11H;2*1-7H;2*1H;/q3*-1;;;+2/p-2. The Morgan fingerprint density at radius 2 is 0.824 bits per heavy atom. The van der Waals surface area contributed by atoms with Gasteiger partial charge in [-0.15, -0.1) is 101 Å². The summed E-state index contributed by atoms with van der Waals surface area (Å²) in [7, 11) is 9.87. The van der Waals surface area contributed by atoms with E-state index in [4.69, 9.17) is 17.0 Å². The Bertz CT molecular complexity index is 1160. The van der Waals surface area contributed by atoms with Crippen LogP contribution in [0.3, 0.4) is 0 Å². The van der Waals surface area contributed by atoms with Gasteiger partial charge in [0, 0.05) is 0 Å². The predicted octanol–water partition coefficient (Wildman–Crippen LogP) is 9.78. The van der Waals surface area contributed by atoms with E-state index in [9.17, 15) is 0 Å². The molecule has 34 heavy (non-hydrogen) atoms. The van der Waals surface area contributed by atoms with Crippen molar-refractivity contribution in [3.8, 4) is 0 Å². The zero-order valence-corrected chi connectivity index (χ0v) is 22.7. The molecule has 0 nitrogen and oxygen atoms in total. The van der Waals surface area contributed by atoms with Gasteiger partial charge < -0.3 is 0 Å². The molecule has 6 rings (SSSR count). The van der Waals surface area contributed by atoms with Crippen LogP contribution < -0.4 is 0 Å². The molecule has 0 atom stereocenters. The summed E-state index contributed by atoms with van der Waals surface area (Å²) in [6.45, 7) is 0. The minimum Gasteiger partial charge on any atom is -0.168 e. The third-order valence-electron chi connectivity index (χ3n) is 5.03. The fraction of sp³-hybridized carbons (Fsp3) is 0. The van der Waals surface area contributed by atoms with Gasteiger partial charge in [-0.05, 0) is 0 Å². The summed E-state index contributed by atoms with van der Waals surface area (Å²) >= 11 is -0.826. The minimum atomic E-state index is -0.826. The fourth-order valence-electron chi connectivity index (χ4n) is 3.43. The first-order chi connectivity index (χ1) is 16.8. The third kappa shape index (κ3) is 8.99. The summed E-state index contributed by atoms with van der Waals surface area (Å²) < 4.78 is 0. The zero-order chi connectivity index (χ0) is 23.8. The van der Waals surface area contributed by atoms with Crippen LogP contribution in [0, 0.1) is 6.42 Å². The van der Waals surface area contributed by atoms with Gasteiger partial charge in [0.15, 0.2) is 0 Å². The van der Waals surface area contributed by atoms with Crippen molar-refractivity contribution in [2.24, 2.45) is 0 Å². The Hall–Kier alpha value is -2.57. The molecule has 0 saturated heterocycles. The van der Waals surface area contributed by atoms with Crippen molar-refractivity contribution in [3.63, 3.8) is 0 Å². The van der Waals surface area contributed by atoms with Gasteiger partial charge in [-0.1, -0.05) is 48.5 Å². The van der Waals surface area contributed by atoms with Gasteiger partial charge in [0.1, 0.15) is 0 Å². The van der Waals surface area contributed by atoms with Crippen LogP contribution in [-0.2, 0) is 20.8 Å². The van der Waals surface area contributed by atoms with Crippen molar-refractivity contribution < 1.29 is 20.8 Å². The second-order valence-corrected chi connectivity index (χ2v) is 11.1. The molecule has 170 valence electrons. The van der Waals surface area contributed by atoms with Crippen LogP contribution in [0.4, 0.5) is 0 Å². The molecule has 0 saturated carbocycles. The number of fused-ring (bicyclic) bond motifs is 2. The van der Waals surface area contributed by atoms with Gasteiger partial charge >= 0.3 is 37.9 Å². The second kappa shape index (κ2) is 15.4. The van der Waals surface area contributed by atoms with Crippen molar-refractivity contribution >= 4 is 38.6 Å². The van der Waals surface area contributed by atoms with Crippen molar-refractivity contribution in [1.82, 2.24) is 0 Å². The molecule has 6 aromatic carbocycles. The molecular formula is C31H25Cl2Zr-3. The number of halogens is 2. The molecule has 0 radical (unpaired) electrons. The van der Waals surface area contributed by atoms with Gasteiger partial charge in [0.05, 0.1) is 0 Å². The van der Waals surface area contributed by atoms with Crippen LogP contribution in [0.15, 0.2) is 146 Å². The van der Waals surface area contributed by atoms with Crippen LogP contribution in [0.25, 0.3) is 21.5 Å². The van der Waals surface area contributed by atoms with E-state index in [0.717, 1.165) is 0 Å². The van der Waals surface area contributed by atoms with Crippen molar-refractivity contribution in [2.75, 3.05) is 0 Å². The largest absolute Gasteiger partial charge is 0.168 e. The van der Waals surface area contributed by atoms with Crippen LogP contribution in [-0.4, -0.2) is 0 Å². The van der Waals surface area contributed by atoms with E-state index < -0.39 is 20.8 Å². The normalized spacial score (nSPS) is 9.47. The maximum atomic E-state index is 4.93. The molecule has 6 aromatic rings. The second-order valence-electron chi connectivity index (χ2n) is 7.35. The molecule has 0 fully saturated rings. The van der Waals surface area contributed by atoms with Gasteiger partial charge in [-0.25, -0.2) is 0 Å². The molecule has 0 N–H and O–H groups in total. The summed E-state index contributed by atoms with van der Waals surface area (Å²) in [5.74, 6) is 0. The predicted molar refractivity (Wildman–Crippen MR) is 146 cm³/mol. The van der Waals surface area contributed by atoms with Gasteiger partial charge in [0.25, 0.3) is 0 Å². The van der Waals surface area contributed by atoms with Gasteiger partial charge in [0.2, 0.25) is 0 Å². The number of benzene rings is 4. The Balaban J connectivity index is 0.000000138. The molecule has 0 spiro atoms. The monoisotopic (exact) mass is 557 g/mol. The van der Waals surface area contributed by atoms with E-state index in [1.54, 1.807) is 0 Å². The van der Waals surface area contributed by atoms with E-state index in [2.05, 4.69) is 140 Å². The first kappa shape index (κ1) is 26.0. The van der Waals surface area contributed by atoms with Crippen LogP contribution in [0.5, 0.6) is 0 Å². The quantitative estimate of drug-likeness (QED) is 0.185. The first-order valence-electron chi connectivity index (χ1n) is 10.9. The Labute approximate surface area is 221 Å². The van der Waals surface area contributed by atoms with Crippen molar-refractivity contribution in [2.45, 2.75) is 0 Å². The maximum absolute atomic E-state index is 4.93. The Morgan fingerprint density at radius 3 is 1.21 bits per heavy atom. The Morgan fingerprint density at radius 1 is 0.471 bits per heavy atom. The SMILES string of the molecule is [Cl][Zr][Cl].c1ccc([CH-]c2ccccc2)cc1.c1ccc2[cH-]ccc2c1.c1ccc2[cH-]ccc2c1. The third-order valence-corrected chi connectivity index (χ3v) is 5.03. The molecule has 0 aliphatic carbocycles. The summed E-state index contributed by atoms with van der Waals surface area (Å²) in [5, 5.41) is 5.32. The van der Waals surface area contributed by atoms with Crippen LogP contribution >= 0.6 is 17.0 Å². The summed E-state index contributed by atoms with van der Waals surface area (Å²) in [6, 6.07) is 50.0. The van der Waals surface area contributed by atoms with Gasteiger partial charge in [-0.3, -0.25) is 0 Å². The van der Waals surface area contributed by atoms with E-state index in [1.165, 1.54) is 32.7 Å². The number of hydrogen-bond acceptors (Lipinski definition) is 0. The average molecular weight is 560 g/mol. The van der Waals surface area contributed by atoms with Crippen molar-refractivity contribution in [1.29, 1.82) is 0 Å². The fourth-order valence-corrected chi connectivity index (χ4v) is 3.43.